The highest BCUT2D eigenvalue weighted by Crippen LogP contribution is 2.18. The summed E-state index contributed by atoms with van der Waals surface area (Å²) >= 11 is 0. The van der Waals surface area contributed by atoms with Crippen molar-refractivity contribution in [1.29, 1.82) is 0 Å². The molecule has 1 aromatic carbocycles. The van der Waals surface area contributed by atoms with Crippen LogP contribution in [0.5, 0.6) is 0 Å². The molecule has 0 saturated carbocycles. The summed E-state index contributed by atoms with van der Waals surface area (Å²) in [6, 6.07) is 9.80. The molecule has 1 N–H and O–H groups in total. The second-order valence-electron chi connectivity index (χ2n) is 8.04. The third-order valence-electron chi connectivity index (χ3n) is 5.45. The molecule has 1 amide bonds. The molecule has 3 heterocycles. The van der Waals surface area contributed by atoms with E-state index in [1.807, 2.05) is 71.1 Å². The van der Waals surface area contributed by atoms with Gasteiger partial charge in [0.05, 0.1) is 12.1 Å². The number of hydrogen-bond acceptors (Lipinski definition) is 5. The first-order valence-corrected chi connectivity index (χ1v) is 10.5. The van der Waals surface area contributed by atoms with Crippen molar-refractivity contribution >= 4 is 11.6 Å². The molecule has 0 atom stereocenters. The summed E-state index contributed by atoms with van der Waals surface area (Å²) in [7, 11) is 0. The zero-order valence-corrected chi connectivity index (χ0v) is 19.0. The van der Waals surface area contributed by atoms with Crippen molar-refractivity contribution in [3.63, 3.8) is 0 Å². The predicted molar refractivity (Wildman–Crippen MR) is 123 cm³/mol. The Kier molecular flexibility index (Phi) is 5.85. The first kappa shape index (κ1) is 21.4. The molecule has 4 rings (SSSR count). The van der Waals surface area contributed by atoms with E-state index >= 15 is 0 Å². The van der Waals surface area contributed by atoms with E-state index in [-0.39, 0.29) is 12.3 Å². The lowest BCUT2D eigenvalue weighted by atomic mass is 10.1. The van der Waals surface area contributed by atoms with Gasteiger partial charge in [-0.05, 0) is 58.4 Å². The van der Waals surface area contributed by atoms with Crippen molar-refractivity contribution in [3.8, 4) is 5.95 Å². The van der Waals surface area contributed by atoms with Crippen LogP contribution < -0.4 is 5.32 Å². The van der Waals surface area contributed by atoms with Crippen LogP contribution in [-0.4, -0.2) is 35.2 Å². The van der Waals surface area contributed by atoms with Gasteiger partial charge in [-0.25, -0.2) is 19.6 Å². The van der Waals surface area contributed by atoms with Crippen molar-refractivity contribution in [1.82, 2.24) is 29.3 Å². The lowest BCUT2D eigenvalue weighted by Crippen LogP contribution is -2.15. The zero-order chi connectivity index (χ0) is 22.8. The van der Waals surface area contributed by atoms with Crippen molar-refractivity contribution in [2.24, 2.45) is 0 Å². The Bertz CT molecular complexity index is 1250. The fraction of sp³-hybridized carbons (Fsp3) is 0.292. The van der Waals surface area contributed by atoms with E-state index in [4.69, 9.17) is 0 Å². The largest absolute Gasteiger partial charge is 0.331 e. The van der Waals surface area contributed by atoms with Crippen LogP contribution in [-0.2, 0) is 17.8 Å². The van der Waals surface area contributed by atoms with E-state index in [1.165, 1.54) is 0 Å². The van der Waals surface area contributed by atoms with Crippen molar-refractivity contribution in [2.45, 2.75) is 47.6 Å². The maximum Gasteiger partial charge on any atom is 0.251 e. The van der Waals surface area contributed by atoms with Crippen molar-refractivity contribution in [2.75, 3.05) is 5.32 Å². The molecule has 0 aliphatic carbocycles. The zero-order valence-electron chi connectivity index (χ0n) is 19.0. The monoisotopic (exact) mass is 429 g/mol. The molecule has 0 fully saturated rings. The lowest BCUT2D eigenvalue weighted by molar-refractivity contribution is -0.115. The summed E-state index contributed by atoms with van der Waals surface area (Å²) in [4.78, 5) is 26.0. The van der Waals surface area contributed by atoms with Crippen molar-refractivity contribution < 1.29 is 4.79 Å². The number of nitrogens with one attached hydrogen (secondary N) is 1. The Balaban J connectivity index is 1.45. The summed E-state index contributed by atoms with van der Waals surface area (Å²) in [6.07, 6.45) is 3.99. The lowest BCUT2D eigenvalue weighted by Gasteiger charge is -2.09. The van der Waals surface area contributed by atoms with Gasteiger partial charge in [-0.15, -0.1) is 0 Å². The number of anilines is 1. The molecule has 0 aliphatic heterocycles. The molecule has 8 nitrogen and oxygen atoms in total. The molecule has 4 aromatic rings. The Morgan fingerprint density at radius 1 is 1.00 bits per heavy atom. The topological polar surface area (TPSA) is 90.5 Å². The van der Waals surface area contributed by atoms with Gasteiger partial charge < -0.3 is 9.88 Å². The predicted octanol–water partition coefficient (Wildman–Crippen LogP) is 3.63. The molecular weight excluding hydrogens is 402 g/mol. The van der Waals surface area contributed by atoms with E-state index in [9.17, 15) is 4.79 Å². The number of carbonyl (C=O) groups is 1. The van der Waals surface area contributed by atoms with Crippen LogP contribution in [0.15, 0.2) is 42.7 Å². The maximum atomic E-state index is 12.7. The molecule has 0 spiro atoms. The minimum absolute atomic E-state index is 0.0877. The Morgan fingerprint density at radius 3 is 2.31 bits per heavy atom. The highest BCUT2D eigenvalue weighted by atomic mass is 16.1. The van der Waals surface area contributed by atoms with Gasteiger partial charge >= 0.3 is 0 Å². The van der Waals surface area contributed by atoms with Gasteiger partial charge in [0.2, 0.25) is 5.91 Å². The van der Waals surface area contributed by atoms with Gasteiger partial charge in [0.15, 0.2) is 0 Å². The van der Waals surface area contributed by atoms with Crippen LogP contribution in [0, 0.1) is 34.6 Å². The molecule has 32 heavy (non-hydrogen) atoms. The summed E-state index contributed by atoms with van der Waals surface area (Å²) in [6.45, 7) is 10.4. The minimum Gasteiger partial charge on any atom is -0.331 e. The normalized spacial score (nSPS) is 11.0. The number of aryl methyl sites for hydroxylation is 4. The highest BCUT2D eigenvalue weighted by molar-refractivity contribution is 5.92. The molecule has 0 bridgehead atoms. The van der Waals surface area contributed by atoms with Crippen LogP contribution in [0.2, 0.25) is 0 Å². The summed E-state index contributed by atoms with van der Waals surface area (Å²) < 4.78 is 3.79. The molecular formula is C24H27N7O. The van der Waals surface area contributed by atoms with E-state index in [0.717, 1.165) is 52.0 Å². The van der Waals surface area contributed by atoms with Gasteiger partial charge in [0.1, 0.15) is 5.82 Å². The van der Waals surface area contributed by atoms with Crippen LogP contribution in [0.25, 0.3) is 5.95 Å². The molecule has 8 heteroatoms. The third-order valence-corrected chi connectivity index (χ3v) is 5.45. The van der Waals surface area contributed by atoms with Gasteiger partial charge in [0, 0.05) is 47.3 Å². The second kappa shape index (κ2) is 8.74. The minimum atomic E-state index is -0.0877. The number of amides is 1. The average Bonchev–Trinajstić information content (AvgIpc) is 3.26. The maximum absolute atomic E-state index is 12.7. The fourth-order valence-electron chi connectivity index (χ4n) is 3.75. The van der Waals surface area contributed by atoms with Gasteiger partial charge in [0.25, 0.3) is 5.95 Å². The number of carbonyl (C=O) groups excluding carboxylic acids is 1. The fourth-order valence-corrected chi connectivity index (χ4v) is 3.75. The highest BCUT2D eigenvalue weighted by Gasteiger charge is 2.18. The van der Waals surface area contributed by atoms with Gasteiger partial charge in [-0.3, -0.25) is 4.79 Å². The Hall–Kier alpha value is -3.81. The van der Waals surface area contributed by atoms with E-state index in [1.54, 1.807) is 10.9 Å². The molecule has 3 aromatic heterocycles. The molecule has 0 unspecified atom stereocenters. The van der Waals surface area contributed by atoms with E-state index in [0.29, 0.717) is 5.95 Å². The number of rotatable bonds is 6. The smallest absolute Gasteiger partial charge is 0.251 e. The number of benzene rings is 1. The number of hydrogen-bond donors (Lipinski definition) is 1. The summed E-state index contributed by atoms with van der Waals surface area (Å²) in [5, 5.41) is 7.56. The standard InChI is InChI=1S/C24H27N7O/c1-15-12-16(2)27-24(26-15)31-18(4)22(17(3)29-31)13-23(32)28-21-8-6-20(7-9-21)14-30-11-10-25-19(30)5/h6-12H,13-14H2,1-5H3,(H,28,32). The van der Waals surface area contributed by atoms with Gasteiger partial charge in [-0.2, -0.15) is 5.10 Å². The molecule has 0 aliphatic rings. The first-order chi connectivity index (χ1) is 15.3. The first-order valence-electron chi connectivity index (χ1n) is 10.5. The number of nitrogens with zero attached hydrogens (tertiary/aromatic N) is 6. The second-order valence-corrected chi connectivity index (χ2v) is 8.04. The van der Waals surface area contributed by atoms with Crippen LogP contribution in [0.3, 0.4) is 0 Å². The van der Waals surface area contributed by atoms with Crippen LogP contribution >= 0.6 is 0 Å². The van der Waals surface area contributed by atoms with E-state index < -0.39 is 0 Å². The number of aromatic nitrogens is 6. The van der Waals surface area contributed by atoms with Crippen molar-refractivity contribution in [3.05, 3.63) is 82.5 Å². The third kappa shape index (κ3) is 4.59. The van der Waals surface area contributed by atoms with E-state index in [2.05, 4.69) is 29.9 Å². The Labute approximate surface area is 187 Å². The Morgan fingerprint density at radius 2 is 1.69 bits per heavy atom. The average molecular weight is 430 g/mol. The number of imidazole rings is 1. The van der Waals surface area contributed by atoms with Crippen LogP contribution in [0.4, 0.5) is 5.69 Å². The molecule has 0 saturated heterocycles. The van der Waals surface area contributed by atoms with Gasteiger partial charge in [-0.1, -0.05) is 12.1 Å². The van der Waals surface area contributed by atoms with Crippen LogP contribution in [0.1, 0.15) is 39.7 Å². The summed E-state index contributed by atoms with van der Waals surface area (Å²) in [5.74, 6) is 1.41. The summed E-state index contributed by atoms with van der Waals surface area (Å²) in [5.41, 5.74) is 6.22. The quantitative estimate of drug-likeness (QED) is 0.505. The molecule has 0 radical (unpaired) electrons. The SMILES string of the molecule is Cc1cc(C)nc(-n2nc(C)c(CC(=O)Nc3ccc(Cn4ccnc4C)cc3)c2C)n1. The molecule has 164 valence electrons.